The maximum Gasteiger partial charge on any atom is 0.416 e. The molecule has 206 valence electrons. The number of nitriles is 1. The number of alkyl halides is 3. The third-order valence-corrected chi connectivity index (χ3v) is 9.18. The Morgan fingerprint density at radius 3 is 2.23 bits per heavy atom. The fraction of sp³-hybridized carbons (Fsp3) is 0.517. The van der Waals surface area contributed by atoms with E-state index in [0.29, 0.717) is 12.1 Å². The predicted octanol–water partition coefficient (Wildman–Crippen LogP) is 6.37. The van der Waals surface area contributed by atoms with Gasteiger partial charge in [0.05, 0.1) is 22.9 Å². The van der Waals surface area contributed by atoms with Crippen molar-refractivity contribution in [3.63, 3.8) is 0 Å². The molecule has 1 heterocycles. The van der Waals surface area contributed by atoms with Crippen LogP contribution in [0.5, 0.6) is 0 Å². The van der Waals surface area contributed by atoms with Gasteiger partial charge in [-0.15, -0.1) is 0 Å². The molecule has 3 fully saturated rings. The number of benzene rings is 2. The zero-order valence-corrected chi connectivity index (χ0v) is 22.7. The molecule has 3 aliphatic carbocycles. The van der Waals surface area contributed by atoms with Crippen molar-refractivity contribution >= 4 is 34.8 Å². The van der Waals surface area contributed by atoms with Crippen molar-refractivity contribution in [3.05, 3.63) is 62.6 Å². The number of anilines is 1. The van der Waals surface area contributed by atoms with Crippen molar-refractivity contribution in [1.82, 2.24) is 4.90 Å². The second kappa shape index (κ2) is 9.66. The lowest BCUT2D eigenvalue weighted by Gasteiger charge is -2.44. The number of carbonyl (C=O) groups excluding carboxylic acids is 1. The third-order valence-electron chi connectivity index (χ3n) is 8.63. The van der Waals surface area contributed by atoms with Gasteiger partial charge in [0.25, 0.3) is 5.91 Å². The number of rotatable bonds is 8. The molecule has 1 amide bonds. The Morgan fingerprint density at radius 1 is 1.05 bits per heavy atom. The van der Waals surface area contributed by atoms with Crippen LogP contribution in [0.1, 0.15) is 60.8 Å². The molecular weight excluding hydrogens is 550 g/mol. The highest BCUT2D eigenvalue weighted by atomic mass is 35.5. The molecule has 4 aliphatic rings. The Labute approximate surface area is 235 Å². The standard InChI is InChI=1S/C29H28Cl2F3N3O2/c30-20-5-6-22(24(31)11-20)28(39)26-23(29(32,33)34)9-18(12-35)10-25(26)37(27(28)38)15-19-7-21(8-19)36(13-16-1-2-16)14-17-3-4-17/h5-6,9-11,16-17,19,21,39H,1-4,7-8,13-15H2. The lowest BCUT2D eigenvalue weighted by atomic mass is 9.78. The fourth-order valence-electron chi connectivity index (χ4n) is 6.18. The molecule has 1 N–H and O–H groups in total. The summed E-state index contributed by atoms with van der Waals surface area (Å²) in [4.78, 5) is 17.7. The fourth-order valence-corrected chi connectivity index (χ4v) is 6.72. The zero-order valence-electron chi connectivity index (χ0n) is 21.1. The van der Waals surface area contributed by atoms with Crippen molar-refractivity contribution < 1.29 is 23.1 Å². The van der Waals surface area contributed by atoms with E-state index in [0.717, 1.165) is 37.8 Å². The number of halogens is 5. The molecule has 0 spiro atoms. The maximum absolute atomic E-state index is 14.3. The quantitative estimate of drug-likeness (QED) is 0.396. The molecule has 3 saturated carbocycles. The monoisotopic (exact) mass is 577 g/mol. The second-order valence-electron chi connectivity index (χ2n) is 11.6. The van der Waals surface area contributed by atoms with Crippen molar-refractivity contribution in [2.45, 2.75) is 56.3 Å². The minimum atomic E-state index is -4.92. The first-order valence-corrected chi connectivity index (χ1v) is 14.1. The van der Waals surface area contributed by atoms with E-state index in [2.05, 4.69) is 4.90 Å². The van der Waals surface area contributed by atoms with Gasteiger partial charge < -0.3 is 10.0 Å². The molecule has 0 aromatic heterocycles. The molecule has 1 unspecified atom stereocenters. The Kier molecular flexibility index (Phi) is 6.66. The van der Waals surface area contributed by atoms with Crippen molar-refractivity contribution in [1.29, 1.82) is 5.26 Å². The van der Waals surface area contributed by atoms with E-state index < -0.39 is 28.8 Å². The molecular formula is C29H28Cl2F3N3O2. The van der Waals surface area contributed by atoms with Gasteiger partial charge in [-0.05, 0) is 80.5 Å². The number of fused-ring (bicyclic) bond motifs is 1. The van der Waals surface area contributed by atoms with E-state index >= 15 is 0 Å². The van der Waals surface area contributed by atoms with E-state index in [1.165, 1.54) is 54.8 Å². The average molecular weight is 578 g/mol. The number of amides is 1. The molecule has 5 nitrogen and oxygen atoms in total. The van der Waals surface area contributed by atoms with Gasteiger partial charge in [-0.1, -0.05) is 29.3 Å². The molecule has 0 saturated heterocycles. The highest BCUT2D eigenvalue weighted by Gasteiger charge is 2.57. The highest BCUT2D eigenvalue weighted by molar-refractivity contribution is 6.35. The van der Waals surface area contributed by atoms with Crippen LogP contribution in [0.2, 0.25) is 10.0 Å². The van der Waals surface area contributed by atoms with Gasteiger partial charge >= 0.3 is 6.18 Å². The highest BCUT2D eigenvalue weighted by Crippen LogP contribution is 2.53. The molecule has 10 heteroatoms. The summed E-state index contributed by atoms with van der Waals surface area (Å²) in [7, 11) is 0. The first kappa shape index (κ1) is 26.9. The first-order valence-electron chi connectivity index (χ1n) is 13.4. The van der Waals surface area contributed by atoms with Crippen LogP contribution in [0.4, 0.5) is 18.9 Å². The van der Waals surface area contributed by atoms with Crippen LogP contribution in [-0.4, -0.2) is 41.6 Å². The normalized spacial score (nSPS) is 26.5. The van der Waals surface area contributed by atoms with Crippen LogP contribution in [0.25, 0.3) is 0 Å². The molecule has 0 bridgehead atoms. The van der Waals surface area contributed by atoms with Crippen LogP contribution < -0.4 is 4.90 Å². The van der Waals surface area contributed by atoms with Gasteiger partial charge in [-0.25, -0.2) is 0 Å². The summed E-state index contributed by atoms with van der Waals surface area (Å²) in [6, 6.07) is 8.04. The summed E-state index contributed by atoms with van der Waals surface area (Å²) in [5.74, 6) is 0.688. The maximum atomic E-state index is 14.3. The van der Waals surface area contributed by atoms with E-state index in [1.807, 2.05) is 0 Å². The zero-order chi connectivity index (χ0) is 27.7. The summed E-state index contributed by atoms with van der Waals surface area (Å²) in [6.07, 6.45) is 1.82. The Bertz CT molecular complexity index is 1350. The topological polar surface area (TPSA) is 67.6 Å². The van der Waals surface area contributed by atoms with Crippen molar-refractivity contribution in [2.75, 3.05) is 24.5 Å². The molecule has 6 rings (SSSR count). The van der Waals surface area contributed by atoms with Crippen LogP contribution in [0.15, 0.2) is 30.3 Å². The van der Waals surface area contributed by atoms with Gasteiger partial charge in [0.2, 0.25) is 0 Å². The smallest absolute Gasteiger partial charge is 0.372 e. The van der Waals surface area contributed by atoms with Crippen molar-refractivity contribution in [3.8, 4) is 6.07 Å². The molecule has 0 radical (unpaired) electrons. The molecule has 2 aromatic carbocycles. The minimum absolute atomic E-state index is 0.0656. The van der Waals surface area contributed by atoms with Gasteiger partial charge in [0.15, 0.2) is 5.60 Å². The number of aliphatic hydroxyl groups is 1. The average Bonchev–Trinajstić information content (AvgIpc) is 3.78. The van der Waals surface area contributed by atoms with Gasteiger partial charge in [-0.2, -0.15) is 18.4 Å². The van der Waals surface area contributed by atoms with Gasteiger partial charge in [0.1, 0.15) is 0 Å². The first-order chi connectivity index (χ1) is 18.5. The van der Waals surface area contributed by atoms with Crippen LogP contribution in [0, 0.1) is 29.1 Å². The van der Waals surface area contributed by atoms with Gasteiger partial charge in [-0.3, -0.25) is 9.69 Å². The lowest BCUT2D eigenvalue weighted by Crippen LogP contribution is -2.51. The van der Waals surface area contributed by atoms with E-state index in [9.17, 15) is 28.3 Å². The van der Waals surface area contributed by atoms with E-state index in [1.54, 1.807) is 6.07 Å². The van der Waals surface area contributed by atoms with Crippen LogP contribution in [-0.2, 0) is 16.6 Å². The number of hydrogen-bond donors (Lipinski definition) is 1. The summed E-state index contributed by atoms with van der Waals surface area (Å²) in [5.41, 5.74) is -5.02. The second-order valence-corrected chi connectivity index (χ2v) is 12.5. The lowest BCUT2D eigenvalue weighted by molar-refractivity contribution is -0.142. The largest absolute Gasteiger partial charge is 0.416 e. The summed E-state index contributed by atoms with van der Waals surface area (Å²) in [6.45, 7) is 2.34. The van der Waals surface area contributed by atoms with Crippen LogP contribution >= 0.6 is 23.2 Å². The third kappa shape index (κ3) is 4.93. The number of carbonyl (C=O) groups is 1. The molecule has 39 heavy (non-hydrogen) atoms. The number of hydrogen-bond acceptors (Lipinski definition) is 4. The van der Waals surface area contributed by atoms with Crippen LogP contribution in [0.3, 0.4) is 0 Å². The summed E-state index contributed by atoms with van der Waals surface area (Å²) < 4.78 is 43.0. The van der Waals surface area contributed by atoms with E-state index in [4.69, 9.17) is 23.2 Å². The van der Waals surface area contributed by atoms with E-state index in [-0.39, 0.29) is 39.3 Å². The Morgan fingerprint density at radius 2 is 1.69 bits per heavy atom. The molecule has 1 aliphatic heterocycles. The summed E-state index contributed by atoms with van der Waals surface area (Å²) in [5, 5.41) is 21.5. The van der Waals surface area contributed by atoms with Crippen molar-refractivity contribution in [2.24, 2.45) is 17.8 Å². The Balaban J connectivity index is 1.34. The molecule has 1 atom stereocenters. The van der Waals surface area contributed by atoms with Gasteiger partial charge in [0, 0.05) is 46.8 Å². The minimum Gasteiger partial charge on any atom is -0.372 e. The molecule has 2 aromatic rings. The predicted molar refractivity (Wildman–Crippen MR) is 142 cm³/mol. The Hall–Kier alpha value is -2.31. The summed E-state index contributed by atoms with van der Waals surface area (Å²) >= 11 is 12.3. The SMILES string of the molecule is N#Cc1cc2c(c(C(F)(F)F)c1)C(O)(c1ccc(Cl)cc1Cl)C(=O)N2CC1CC(N(CC2CC2)CC2CC2)C1. The number of nitrogens with zero attached hydrogens (tertiary/aromatic N) is 3.